The third kappa shape index (κ3) is 3.45. The molecule has 0 radical (unpaired) electrons. The quantitative estimate of drug-likeness (QED) is 0.566. The lowest BCUT2D eigenvalue weighted by Gasteiger charge is -2.22. The van der Waals surface area contributed by atoms with Crippen LogP contribution < -0.4 is 16.0 Å². The maximum absolute atomic E-state index is 12.6. The second kappa shape index (κ2) is 8.01. The molecule has 1 aliphatic heterocycles. The highest BCUT2D eigenvalue weighted by Crippen LogP contribution is 2.30. The lowest BCUT2D eigenvalue weighted by molar-refractivity contribution is -0.0633. The number of aromatic nitrogens is 2. The van der Waals surface area contributed by atoms with Crippen molar-refractivity contribution in [3.05, 3.63) is 27.0 Å². The van der Waals surface area contributed by atoms with Crippen molar-refractivity contribution in [2.45, 2.75) is 31.1 Å². The zero-order chi connectivity index (χ0) is 18.6. The molecule has 2 N–H and O–H groups in total. The normalized spacial score (nSPS) is 25.3. The molecule has 4 atom stereocenters. The Labute approximate surface area is 143 Å². The lowest BCUT2D eigenvalue weighted by atomic mass is 10.1. The van der Waals surface area contributed by atoms with Gasteiger partial charge in [0, 0.05) is 7.11 Å². The summed E-state index contributed by atoms with van der Waals surface area (Å²) in [5.74, 6) is 4.23. The molecule has 0 spiro atoms. The number of terminal acetylenes is 2. The Bertz CT molecular complexity index is 814. The predicted molar refractivity (Wildman–Crippen MR) is 85.9 cm³/mol. The van der Waals surface area contributed by atoms with E-state index in [9.17, 15) is 19.8 Å². The summed E-state index contributed by atoms with van der Waals surface area (Å²) in [6.45, 7) is -0.956. The minimum atomic E-state index is -1.17. The van der Waals surface area contributed by atoms with Crippen LogP contribution in [0.1, 0.15) is 6.23 Å². The minimum Gasteiger partial charge on any atom is -0.474 e. The molecule has 1 aromatic heterocycles. The third-order valence-corrected chi connectivity index (χ3v) is 3.76. The molecule has 134 valence electrons. The van der Waals surface area contributed by atoms with Gasteiger partial charge < -0.3 is 24.4 Å². The highest BCUT2D eigenvalue weighted by molar-refractivity contribution is 5.16. The van der Waals surface area contributed by atoms with Gasteiger partial charge in [0.25, 0.3) is 5.56 Å². The number of ether oxygens (including phenoxy) is 3. The Balaban J connectivity index is 2.58. The van der Waals surface area contributed by atoms with Crippen LogP contribution >= 0.6 is 0 Å². The zero-order valence-corrected chi connectivity index (χ0v) is 13.5. The Hall–Kier alpha value is -2.56. The fourth-order valence-electron chi connectivity index (χ4n) is 2.58. The molecule has 2 heterocycles. The van der Waals surface area contributed by atoms with E-state index in [1.54, 1.807) is 0 Å². The molecule has 1 aromatic rings. The highest BCUT2D eigenvalue weighted by atomic mass is 16.6. The Morgan fingerprint density at radius 1 is 1.36 bits per heavy atom. The summed E-state index contributed by atoms with van der Waals surface area (Å²) in [5.41, 5.74) is -1.51. The van der Waals surface area contributed by atoms with Gasteiger partial charge in [0.1, 0.15) is 24.9 Å². The van der Waals surface area contributed by atoms with Gasteiger partial charge >= 0.3 is 5.69 Å². The van der Waals surface area contributed by atoms with E-state index >= 15 is 0 Å². The van der Waals surface area contributed by atoms with Crippen LogP contribution in [0, 0.1) is 24.7 Å². The van der Waals surface area contributed by atoms with Crippen LogP contribution in [0.4, 0.5) is 0 Å². The number of nitrogens with zero attached hydrogens (tertiary/aromatic N) is 2. The highest BCUT2D eigenvalue weighted by Gasteiger charge is 2.45. The summed E-state index contributed by atoms with van der Waals surface area (Å²) < 4.78 is 17.7. The van der Waals surface area contributed by atoms with Crippen LogP contribution in [0.25, 0.3) is 0 Å². The van der Waals surface area contributed by atoms with Gasteiger partial charge in [-0.1, -0.05) is 11.8 Å². The Morgan fingerprint density at radius 3 is 2.64 bits per heavy atom. The molecule has 0 aliphatic carbocycles. The standard InChI is InChI=1S/C16H18N2O7/c1-4-6-17-14(21)10(24-7-5-2)8-18(16(17)22)15-13(23-3)12(20)11(9-19)25-15/h1-2,8,11-13,15,19-20H,6-7,9H2,3H3/t11-,12-,13-,15-/m1/s1. The molecule has 1 fully saturated rings. The van der Waals surface area contributed by atoms with Gasteiger partial charge in [0.2, 0.25) is 5.75 Å². The topological polar surface area (TPSA) is 112 Å². The molecule has 0 aromatic carbocycles. The molecule has 1 aliphatic rings. The zero-order valence-electron chi connectivity index (χ0n) is 13.5. The number of aliphatic hydroxyl groups is 2. The van der Waals surface area contributed by atoms with E-state index in [1.165, 1.54) is 7.11 Å². The molecule has 0 bridgehead atoms. The summed E-state index contributed by atoms with van der Waals surface area (Å²) >= 11 is 0. The van der Waals surface area contributed by atoms with Gasteiger partial charge in [0.15, 0.2) is 6.23 Å². The molecular weight excluding hydrogens is 332 g/mol. The average Bonchev–Trinajstić information content (AvgIpc) is 2.93. The van der Waals surface area contributed by atoms with Gasteiger partial charge in [-0.2, -0.15) is 0 Å². The van der Waals surface area contributed by atoms with Crippen molar-refractivity contribution in [2.75, 3.05) is 20.3 Å². The average molecular weight is 350 g/mol. The summed E-state index contributed by atoms with van der Waals surface area (Å²) in [6.07, 6.45) is 7.28. The number of rotatable bonds is 6. The number of methoxy groups -OCH3 is 1. The third-order valence-electron chi connectivity index (χ3n) is 3.76. The van der Waals surface area contributed by atoms with Crippen molar-refractivity contribution >= 4 is 0 Å². The van der Waals surface area contributed by atoms with Gasteiger partial charge in [-0.3, -0.25) is 9.36 Å². The van der Waals surface area contributed by atoms with E-state index in [0.717, 1.165) is 15.3 Å². The first-order valence-electron chi connectivity index (χ1n) is 7.33. The second-order valence-electron chi connectivity index (χ2n) is 5.21. The Kier molecular flexibility index (Phi) is 6.02. The number of aliphatic hydroxyl groups excluding tert-OH is 2. The van der Waals surface area contributed by atoms with E-state index < -0.39 is 42.4 Å². The van der Waals surface area contributed by atoms with Crippen LogP contribution in [0.3, 0.4) is 0 Å². The van der Waals surface area contributed by atoms with Crippen LogP contribution in [0.5, 0.6) is 5.75 Å². The SMILES string of the molecule is C#CCOc1cn([C@@H]2O[C@H](CO)[C@@H](O)[C@H]2OC)c(=O)n(CC#C)c1=O. The Morgan fingerprint density at radius 2 is 2.08 bits per heavy atom. The number of hydrogen-bond acceptors (Lipinski definition) is 7. The summed E-state index contributed by atoms with van der Waals surface area (Å²) in [4.78, 5) is 24.9. The fraction of sp³-hybridized carbons (Fsp3) is 0.500. The molecule has 2 rings (SSSR count). The van der Waals surface area contributed by atoms with E-state index in [1.807, 2.05) is 0 Å². The summed E-state index contributed by atoms with van der Waals surface area (Å²) in [7, 11) is 1.32. The van der Waals surface area contributed by atoms with E-state index in [4.69, 9.17) is 27.1 Å². The van der Waals surface area contributed by atoms with Gasteiger partial charge in [-0.15, -0.1) is 12.8 Å². The predicted octanol–water partition coefficient (Wildman–Crippen LogP) is -2.08. The molecule has 0 unspecified atom stereocenters. The van der Waals surface area contributed by atoms with E-state index in [0.29, 0.717) is 0 Å². The van der Waals surface area contributed by atoms with Crippen molar-refractivity contribution in [2.24, 2.45) is 0 Å². The van der Waals surface area contributed by atoms with Crippen molar-refractivity contribution in [3.8, 4) is 30.4 Å². The van der Waals surface area contributed by atoms with E-state index in [-0.39, 0.29) is 18.9 Å². The van der Waals surface area contributed by atoms with Crippen LogP contribution in [-0.4, -0.2) is 58.0 Å². The molecule has 9 heteroatoms. The van der Waals surface area contributed by atoms with Crippen molar-refractivity contribution in [1.29, 1.82) is 0 Å². The summed E-state index contributed by atoms with van der Waals surface area (Å²) in [6, 6.07) is 0. The fourth-order valence-corrected chi connectivity index (χ4v) is 2.58. The van der Waals surface area contributed by atoms with Gasteiger partial charge in [0.05, 0.1) is 19.3 Å². The molecule has 9 nitrogen and oxygen atoms in total. The molecule has 0 amide bonds. The van der Waals surface area contributed by atoms with Crippen molar-refractivity contribution in [3.63, 3.8) is 0 Å². The second-order valence-corrected chi connectivity index (χ2v) is 5.21. The smallest absolute Gasteiger partial charge is 0.334 e. The van der Waals surface area contributed by atoms with Crippen molar-refractivity contribution < 1.29 is 24.4 Å². The van der Waals surface area contributed by atoms with Gasteiger partial charge in [-0.25, -0.2) is 9.36 Å². The molecule has 0 saturated carbocycles. The van der Waals surface area contributed by atoms with E-state index in [2.05, 4.69) is 11.8 Å². The minimum absolute atomic E-state index is 0.190. The molecule has 1 saturated heterocycles. The first-order chi connectivity index (χ1) is 12.0. The van der Waals surface area contributed by atoms with Crippen LogP contribution in [0.15, 0.2) is 15.8 Å². The van der Waals surface area contributed by atoms with Gasteiger partial charge in [-0.05, 0) is 0 Å². The molecular formula is C16H18N2O7. The van der Waals surface area contributed by atoms with Crippen LogP contribution in [0.2, 0.25) is 0 Å². The summed E-state index contributed by atoms with van der Waals surface area (Å²) in [5, 5.41) is 19.4. The molecule has 25 heavy (non-hydrogen) atoms. The first kappa shape index (κ1) is 18.8. The maximum atomic E-state index is 12.6. The number of hydrogen-bond donors (Lipinski definition) is 2. The van der Waals surface area contributed by atoms with Crippen LogP contribution in [-0.2, 0) is 16.0 Å². The lowest BCUT2D eigenvalue weighted by Crippen LogP contribution is -2.44. The monoisotopic (exact) mass is 350 g/mol. The maximum Gasteiger partial charge on any atom is 0.334 e. The first-order valence-corrected chi connectivity index (χ1v) is 7.33. The largest absolute Gasteiger partial charge is 0.474 e. The van der Waals surface area contributed by atoms with Crippen molar-refractivity contribution in [1.82, 2.24) is 9.13 Å².